The fourth-order valence-electron chi connectivity index (χ4n) is 3.27. The molecule has 0 bridgehead atoms. The van der Waals surface area contributed by atoms with Crippen molar-refractivity contribution in [2.24, 2.45) is 0 Å². The number of para-hydroxylation sites is 1. The summed E-state index contributed by atoms with van der Waals surface area (Å²) in [4.78, 5) is 0. The highest BCUT2D eigenvalue weighted by atomic mass is 19.4. The Morgan fingerprint density at radius 2 is 1.33 bits per heavy atom. The van der Waals surface area contributed by atoms with Crippen molar-refractivity contribution in [3.8, 4) is 17.2 Å². The summed E-state index contributed by atoms with van der Waals surface area (Å²) in [5.74, 6) is 1.79. The Balaban J connectivity index is 1.92. The standard InChI is InChI=1S/C26H28F3NO3/c1-25(2,3)33-22-14-8-10-19(16-22)24(30-17-23(31)26(27,28)29)18-9-7-13-21(15-18)32-20-11-5-4-6-12-20/h4-16,23-24,30-31H,17H2,1-3H3. The maximum absolute atomic E-state index is 12.9. The number of ether oxygens (including phenoxy) is 2. The van der Waals surface area contributed by atoms with E-state index in [1.54, 1.807) is 48.5 Å². The van der Waals surface area contributed by atoms with Crippen LogP contribution in [0.5, 0.6) is 17.2 Å². The molecule has 0 heterocycles. The predicted molar refractivity (Wildman–Crippen MR) is 122 cm³/mol. The van der Waals surface area contributed by atoms with Crippen LogP contribution in [0.4, 0.5) is 13.2 Å². The van der Waals surface area contributed by atoms with Gasteiger partial charge in [0, 0.05) is 6.54 Å². The van der Waals surface area contributed by atoms with E-state index in [0.29, 0.717) is 28.4 Å². The summed E-state index contributed by atoms with van der Waals surface area (Å²) in [6, 6.07) is 22.9. The van der Waals surface area contributed by atoms with Gasteiger partial charge in [-0.1, -0.05) is 42.5 Å². The molecule has 0 fully saturated rings. The molecule has 0 saturated carbocycles. The SMILES string of the molecule is CC(C)(C)Oc1cccc(C(NCC(O)C(F)(F)F)c2cccc(Oc3ccccc3)c2)c1. The molecule has 2 N–H and O–H groups in total. The van der Waals surface area contributed by atoms with E-state index in [4.69, 9.17) is 9.47 Å². The first-order chi connectivity index (χ1) is 15.5. The van der Waals surface area contributed by atoms with E-state index in [2.05, 4.69) is 5.32 Å². The summed E-state index contributed by atoms with van der Waals surface area (Å²) < 4.78 is 50.6. The van der Waals surface area contributed by atoms with Crippen LogP contribution in [0.15, 0.2) is 78.9 Å². The van der Waals surface area contributed by atoms with E-state index in [1.807, 2.05) is 51.1 Å². The van der Waals surface area contributed by atoms with Gasteiger partial charge in [0.25, 0.3) is 0 Å². The number of alkyl halides is 3. The molecule has 2 unspecified atom stereocenters. The van der Waals surface area contributed by atoms with Gasteiger partial charge in [-0.15, -0.1) is 0 Å². The molecule has 3 aromatic rings. The molecule has 0 spiro atoms. The molecule has 3 rings (SSSR count). The molecule has 3 aromatic carbocycles. The summed E-state index contributed by atoms with van der Waals surface area (Å²) >= 11 is 0. The average Bonchev–Trinajstić information content (AvgIpc) is 2.73. The Kier molecular flexibility index (Phi) is 7.66. The number of aliphatic hydroxyl groups excluding tert-OH is 1. The van der Waals surface area contributed by atoms with Gasteiger partial charge in [0.15, 0.2) is 6.10 Å². The molecule has 33 heavy (non-hydrogen) atoms. The van der Waals surface area contributed by atoms with Gasteiger partial charge < -0.3 is 19.9 Å². The van der Waals surface area contributed by atoms with Crippen molar-refractivity contribution in [2.75, 3.05) is 6.54 Å². The minimum absolute atomic E-state index is 0.433. The van der Waals surface area contributed by atoms with Crippen LogP contribution in [0.2, 0.25) is 0 Å². The maximum atomic E-state index is 12.9. The fraction of sp³-hybridized carbons (Fsp3) is 0.308. The third-order valence-corrected chi connectivity index (χ3v) is 4.68. The Morgan fingerprint density at radius 3 is 1.91 bits per heavy atom. The Hall–Kier alpha value is -3.03. The molecule has 0 saturated heterocycles. The van der Waals surface area contributed by atoms with Crippen LogP contribution in [-0.2, 0) is 0 Å². The zero-order chi connectivity index (χ0) is 24.1. The first kappa shape index (κ1) is 24.6. The van der Waals surface area contributed by atoms with Crippen molar-refractivity contribution >= 4 is 0 Å². The minimum atomic E-state index is -4.72. The van der Waals surface area contributed by atoms with Crippen LogP contribution >= 0.6 is 0 Å². The fourth-order valence-corrected chi connectivity index (χ4v) is 3.27. The smallest absolute Gasteiger partial charge is 0.415 e. The number of nitrogens with one attached hydrogen (secondary N) is 1. The van der Waals surface area contributed by atoms with Crippen LogP contribution in [0.3, 0.4) is 0 Å². The summed E-state index contributed by atoms with van der Waals surface area (Å²) in [5.41, 5.74) is 0.950. The zero-order valence-electron chi connectivity index (χ0n) is 18.8. The number of halogens is 3. The van der Waals surface area contributed by atoms with Gasteiger partial charge in [-0.2, -0.15) is 13.2 Å². The third-order valence-electron chi connectivity index (χ3n) is 4.68. The number of aliphatic hydroxyl groups is 1. The lowest BCUT2D eigenvalue weighted by molar-refractivity contribution is -0.202. The van der Waals surface area contributed by atoms with Gasteiger partial charge in [-0.25, -0.2) is 0 Å². The molecule has 0 radical (unpaired) electrons. The number of hydrogen-bond acceptors (Lipinski definition) is 4. The van der Waals surface area contributed by atoms with E-state index in [9.17, 15) is 18.3 Å². The van der Waals surface area contributed by atoms with Gasteiger partial charge in [0.2, 0.25) is 0 Å². The lowest BCUT2D eigenvalue weighted by Crippen LogP contribution is -2.40. The van der Waals surface area contributed by atoms with Crippen molar-refractivity contribution in [3.05, 3.63) is 90.0 Å². The first-order valence-corrected chi connectivity index (χ1v) is 10.6. The van der Waals surface area contributed by atoms with E-state index in [1.165, 1.54) is 0 Å². The predicted octanol–water partition coefficient (Wildman–Crippen LogP) is 6.26. The lowest BCUT2D eigenvalue weighted by atomic mass is 9.97. The Labute approximate surface area is 192 Å². The molecular formula is C26H28F3NO3. The van der Waals surface area contributed by atoms with E-state index < -0.39 is 30.5 Å². The number of hydrogen-bond donors (Lipinski definition) is 2. The molecule has 0 aromatic heterocycles. The largest absolute Gasteiger partial charge is 0.488 e. The molecule has 0 aliphatic carbocycles. The van der Waals surface area contributed by atoms with Crippen molar-refractivity contribution < 1.29 is 27.8 Å². The lowest BCUT2D eigenvalue weighted by Gasteiger charge is -2.25. The highest BCUT2D eigenvalue weighted by Gasteiger charge is 2.38. The summed E-state index contributed by atoms with van der Waals surface area (Å²) in [6.45, 7) is 5.08. The second kappa shape index (κ2) is 10.3. The molecule has 0 amide bonds. The van der Waals surface area contributed by atoms with Gasteiger partial charge in [-0.05, 0) is 68.3 Å². The second-order valence-corrected chi connectivity index (χ2v) is 8.67. The van der Waals surface area contributed by atoms with Crippen molar-refractivity contribution in [2.45, 2.75) is 44.7 Å². The number of benzene rings is 3. The van der Waals surface area contributed by atoms with Gasteiger partial charge in [0.1, 0.15) is 22.8 Å². The van der Waals surface area contributed by atoms with Gasteiger partial charge in [-0.3, -0.25) is 0 Å². The maximum Gasteiger partial charge on any atom is 0.415 e. The monoisotopic (exact) mass is 459 g/mol. The molecular weight excluding hydrogens is 431 g/mol. The van der Waals surface area contributed by atoms with Crippen LogP contribution in [0.25, 0.3) is 0 Å². The second-order valence-electron chi connectivity index (χ2n) is 8.67. The van der Waals surface area contributed by atoms with E-state index in [-0.39, 0.29) is 0 Å². The Bertz CT molecular complexity index is 1030. The average molecular weight is 460 g/mol. The quantitative estimate of drug-likeness (QED) is 0.418. The first-order valence-electron chi connectivity index (χ1n) is 10.6. The van der Waals surface area contributed by atoms with Crippen molar-refractivity contribution in [1.29, 1.82) is 0 Å². The highest BCUT2D eigenvalue weighted by Crippen LogP contribution is 2.31. The minimum Gasteiger partial charge on any atom is -0.488 e. The summed E-state index contributed by atoms with van der Waals surface area (Å²) in [7, 11) is 0. The molecule has 2 atom stereocenters. The van der Waals surface area contributed by atoms with Crippen LogP contribution in [0, 0.1) is 0 Å². The topological polar surface area (TPSA) is 50.7 Å². The van der Waals surface area contributed by atoms with Gasteiger partial charge in [0.05, 0.1) is 6.04 Å². The molecule has 4 nitrogen and oxygen atoms in total. The summed E-state index contributed by atoms with van der Waals surface area (Å²) in [6.07, 6.45) is -7.20. The normalized spacial score (nSPS) is 13.9. The Morgan fingerprint density at radius 1 is 0.788 bits per heavy atom. The molecule has 176 valence electrons. The van der Waals surface area contributed by atoms with Crippen molar-refractivity contribution in [3.63, 3.8) is 0 Å². The summed E-state index contributed by atoms with van der Waals surface area (Å²) in [5, 5.41) is 12.4. The zero-order valence-corrected chi connectivity index (χ0v) is 18.8. The molecule has 7 heteroatoms. The van der Waals surface area contributed by atoms with Crippen LogP contribution < -0.4 is 14.8 Å². The highest BCUT2D eigenvalue weighted by molar-refractivity contribution is 5.41. The van der Waals surface area contributed by atoms with E-state index >= 15 is 0 Å². The van der Waals surface area contributed by atoms with E-state index in [0.717, 1.165) is 0 Å². The van der Waals surface area contributed by atoms with Gasteiger partial charge >= 0.3 is 6.18 Å². The number of rotatable bonds is 8. The van der Waals surface area contributed by atoms with Crippen LogP contribution in [0.1, 0.15) is 37.9 Å². The van der Waals surface area contributed by atoms with Crippen molar-refractivity contribution in [1.82, 2.24) is 5.32 Å². The molecule has 0 aliphatic rings. The molecule has 0 aliphatic heterocycles. The van der Waals surface area contributed by atoms with Crippen LogP contribution in [-0.4, -0.2) is 29.5 Å². The third kappa shape index (κ3) is 7.51.